The van der Waals surface area contributed by atoms with Crippen LogP contribution in [0, 0.1) is 5.82 Å². The smallest absolute Gasteiger partial charge is 0.421 e. The molecule has 5 aromatic rings. The van der Waals surface area contributed by atoms with Gasteiger partial charge in [-0.05, 0) is 80.6 Å². The first-order valence-corrected chi connectivity index (χ1v) is 13.4. The predicted octanol–water partition coefficient (Wildman–Crippen LogP) is 6.59. The van der Waals surface area contributed by atoms with Crippen LogP contribution in [0.4, 0.5) is 20.8 Å². The number of hydrogen-bond acceptors (Lipinski definition) is 7. The fourth-order valence-electron chi connectivity index (χ4n) is 4.06. The summed E-state index contributed by atoms with van der Waals surface area (Å²) < 4.78 is 28.2. The number of fused-ring (bicyclic) bond motifs is 1. The molecule has 0 aliphatic carbocycles. The Hall–Kier alpha value is -4.38. The largest absolute Gasteiger partial charge is 0.497 e. The van der Waals surface area contributed by atoms with Crippen LogP contribution in [0.1, 0.15) is 26.3 Å². The summed E-state index contributed by atoms with van der Waals surface area (Å²) in [5, 5.41) is 5.56. The topological polar surface area (TPSA) is 87.3 Å². The Balaban J connectivity index is 1.62. The molecule has 9 nitrogen and oxygen atoms in total. The molecule has 0 unspecified atom stereocenters. The van der Waals surface area contributed by atoms with Gasteiger partial charge in [-0.2, -0.15) is 5.10 Å². The monoisotopic (exact) mass is 560 g/mol. The van der Waals surface area contributed by atoms with E-state index < -0.39 is 11.7 Å². The molecule has 5 rings (SSSR count). The molecule has 0 fully saturated rings. The Bertz CT molecular complexity index is 1640. The number of benzene rings is 2. The van der Waals surface area contributed by atoms with E-state index in [1.165, 1.54) is 28.8 Å². The number of amides is 1. The minimum absolute atomic E-state index is 0.329. The average Bonchev–Trinajstić information content (AvgIpc) is 3.51. The number of aryl methyl sites for hydroxylation is 1. The number of nitrogens with zero attached hydrogens (tertiary/aromatic N) is 6. The van der Waals surface area contributed by atoms with Crippen molar-refractivity contribution in [1.29, 1.82) is 0 Å². The van der Waals surface area contributed by atoms with Gasteiger partial charge in [0.2, 0.25) is 0 Å². The zero-order chi connectivity index (χ0) is 28.4. The number of anilines is 2. The number of carbonyl (C=O) groups excluding carboxylic acids is 1. The predicted molar refractivity (Wildman–Crippen MR) is 152 cm³/mol. The van der Waals surface area contributed by atoms with Crippen LogP contribution in [0.25, 0.3) is 11.0 Å². The second kappa shape index (κ2) is 11.0. The van der Waals surface area contributed by atoms with Crippen molar-refractivity contribution in [2.24, 2.45) is 7.05 Å². The first kappa shape index (κ1) is 27.2. The SMILES string of the molecule is COc1ccc(Cn2nccc2N(C(=O)OC(C)(C)C)c2nc(Sc3ccc(F)cc3)nc3c2ccn3C)cc1. The van der Waals surface area contributed by atoms with Crippen LogP contribution in [0.3, 0.4) is 0 Å². The lowest BCUT2D eigenvalue weighted by molar-refractivity contribution is 0.0596. The van der Waals surface area contributed by atoms with Gasteiger partial charge in [-0.25, -0.2) is 28.7 Å². The van der Waals surface area contributed by atoms with E-state index in [2.05, 4.69) is 5.10 Å². The highest BCUT2D eigenvalue weighted by atomic mass is 32.2. The van der Waals surface area contributed by atoms with E-state index in [1.807, 2.05) is 68.9 Å². The Labute approximate surface area is 235 Å². The molecular formula is C29H29FN6O3S. The van der Waals surface area contributed by atoms with E-state index in [9.17, 15) is 9.18 Å². The highest BCUT2D eigenvalue weighted by Gasteiger charge is 2.31. The summed E-state index contributed by atoms with van der Waals surface area (Å²) in [6, 6.07) is 17.3. The maximum absolute atomic E-state index is 13.8. The minimum atomic E-state index is -0.759. The Morgan fingerprint density at radius 3 is 2.42 bits per heavy atom. The van der Waals surface area contributed by atoms with Gasteiger partial charge in [0, 0.05) is 24.2 Å². The quantitative estimate of drug-likeness (QED) is 0.208. The van der Waals surface area contributed by atoms with E-state index in [0.717, 1.165) is 16.2 Å². The van der Waals surface area contributed by atoms with Crippen molar-refractivity contribution < 1.29 is 18.7 Å². The van der Waals surface area contributed by atoms with E-state index in [0.29, 0.717) is 34.4 Å². The van der Waals surface area contributed by atoms with Crippen molar-refractivity contribution in [3.63, 3.8) is 0 Å². The van der Waals surface area contributed by atoms with Crippen LogP contribution in [-0.4, -0.2) is 43.1 Å². The van der Waals surface area contributed by atoms with E-state index in [-0.39, 0.29) is 5.82 Å². The summed E-state index contributed by atoms with van der Waals surface area (Å²) in [6.07, 6.45) is 2.89. The molecular weight excluding hydrogens is 531 g/mol. The second-order valence-electron chi connectivity index (χ2n) is 10.1. The maximum Gasteiger partial charge on any atom is 0.421 e. The van der Waals surface area contributed by atoms with Gasteiger partial charge in [0.05, 0.1) is 25.2 Å². The minimum Gasteiger partial charge on any atom is -0.497 e. The number of halogens is 1. The molecule has 40 heavy (non-hydrogen) atoms. The van der Waals surface area contributed by atoms with Gasteiger partial charge < -0.3 is 14.0 Å². The van der Waals surface area contributed by atoms with E-state index in [4.69, 9.17) is 19.4 Å². The number of rotatable bonds is 7. The highest BCUT2D eigenvalue weighted by molar-refractivity contribution is 7.99. The van der Waals surface area contributed by atoms with Gasteiger partial charge in [0.15, 0.2) is 11.0 Å². The molecule has 3 aromatic heterocycles. The normalized spacial score (nSPS) is 11.6. The summed E-state index contributed by atoms with van der Waals surface area (Å²) >= 11 is 1.27. The summed E-state index contributed by atoms with van der Waals surface area (Å²) in [7, 11) is 3.49. The number of methoxy groups -OCH3 is 1. The van der Waals surface area contributed by atoms with Gasteiger partial charge >= 0.3 is 6.09 Å². The fourth-order valence-corrected chi connectivity index (χ4v) is 4.81. The van der Waals surface area contributed by atoms with Crippen LogP contribution >= 0.6 is 11.8 Å². The first-order chi connectivity index (χ1) is 19.1. The van der Waals surface area contributed by atoms with Crippen LogP contribution < -0.4 is 9.64 Å². The summed E-state index contributed by atoms with van der Waals surface area (Å²) in [5.41, 5.74) is 0.837. The summed E-state index contributed by atoms with van der Waals surface area (Å²) in [5.74, 6) is 1.25. The Morgan fingerprint density at radius 2 is 1.75 bits per heavy atom. The lowest BCUT2D eigenvalue weighted by Gasteiger charge is -2.27. The molecule has 0 aliphatic rings. The summed E-state index contributed by atoms with van der Waals surface area (Å²) in [6.45, 7) is 5.83. The van der Waals surface area contributed by atoms with Crippen molar-refractivity contribution in [2.45, 2.75) is 43.0 Å². The number of ether oxygens (including phenoxy) is 2. The van der Waals surface area contributed by atoms with E-state index >= 15 is 0 Å². The lowest BCUT2D eigenvalue weighted by atomic mass is 10.2. The maximum atomic E-state index is 13.8. The average molecular weight is 561 g/mol. The molecule has 0 saturated carbocycles. The zero-order valence-electron chi connectivity index (χ0n) is 22.8. The molecule has 0 bridgehead atoms. The van der Waals surface area contributed by atoms with Crippen molar-refractivity contribution in [3.05, 3.63) is 84.4 Å². The van der Waals surface area contributed by atoms with Crippen LogP contribution in [0.15, 0.2) is 83.1 Å². The number of carbonyl (C=O) groups is 1. The van der Waals surface area contributed by atoms with Crippen LogP contribution in [0.2, 0.25) is 0 Å². The second-order valence-corrected chi connectivity index (χ2v) is 11.1. The third-order valence-corrected chi connectivity index (χ3v) is 6.78. The van der Waals surface area contributed by atoms with Gasteiger partial charge in [-0.3, -0.25) is 0 Å². The molecule has 1 amide bonds. The molecule has 0 radical (unpaired) electrons. The molecule has 0 spiro atoms. The van der Waals surface area contributed by atoms with Crippen LogP contribution in [-0.2, 0) is 18.3 Å². The molecule has 2 aromatic carbocycles. The van der Waals surface area contributed by atoms with Gasteiger partial charge in [-0.15, -0.1) is 0 Å². The van der Waals surface area contributed by atoms with Crippen molar-refractivity contribution in [3.8, 4) is 5.75 Å². The number of aromatic nitrogens is 5. The molecule has 0 atom stereocenters. The zero-order valence-corrected chi connectivity index (χ0v) is 23.6. The third kappa shape index (κ3) is 5.94. The van der Waals surface area contributed by atoms with Crippen LogP contribution in [0.5, 0.6) is 5.75 Å². The standard InChI is InChI=1S/C29H29FN6O3S/c1-29(2,3)39-28(37)36(24-14-16-31-35(24)18-19-6-10-21(38-5)11-7-19)26-23-15-17-34(4)25(23)32-27(33-26)40-22-12-8-20(30)9-13-22/h6-17H,18H2,1-5H3. The Kier molecular flexibility index (Phi) is 7.49. The molecule has 0 N–H and O–H groups in total. The molecule has 11 heteroatoms. The molecule has 0 saturated heterocycles. The van der Waals surface area contributed by atoms with Crippen molar-refractivity contribution in [2.75, 3.05) is 12.0 Å². The first-order valence-electron chi connectivity index (χ1n) is 12.6. The fraction of sp³-hybridized carbons (Fsp3) is 0.241. The molecule has 3 heterocycles. The summed E-state index contributed by atoms with van der Waals surface area (Å²) in [4.78, 5) is 25.6. The third-order valence-electron chi connectivity index (χ3n) is 5.91. The van der Waals surface area contributed by atoms with E-state index in [1.54, 1.807) is 36.2 Å². The van der Waals surface area contributed by atoms with Crippen molar-refractivity contribution in [1.82, 2.24) is 24.3 Å². The van der Waals surface area contributed by atoms with Gasteiger partial charge in [-0.1, -0.05) is 12.1 Å². The molecule has 206 valence electrons. The molecule has 0 aliphatic heterocycles. The lowest BCUT2D eigenvalue weighted by Crippen LogP contribution is -2.35. The van der Waals surface area contributed by atoms with Crippen molar-refractivity contribution >= 4 is 40.5 Å². The Morgan fingerprint density at radius 1 is 1.02 bits per heavy atom. The highest BCUT2D eigenvalue weighted by Crippen LogP contribution is 2.35. The number of hydrogen-bond donors (Lipinski definition) is 0. The van der Waals surface area contributed by atoms with Gasteiger partial charge in [0.25, 0.3) is 0 Å². The van der Waals surface area contributed by atoms with Gasteiger partial charge in [0.1, 0.15) is 28.6 Å².